The van der Waals surface area contributed by atoms with E-state index in [2.05, 4.69) is 9.72 Å². The molecule has 7 heteroatoms. The lowest BCUT2D eigenvalue weighted by Gasteiger charge is -2.08. The smallest absolute Gasteiger partial charge is 0.311 e. The van der Waals surface area contributed by atoms with Crippen LogP contribution >= 0.6 is 23.2 Å². The number of alkyl halides is 2. The fourth-order valence-electron chi connectivity index (χ4n) is 1.05. The average molecular weight is 270 g/mol. The van der Waals surface area contributed by atoms with Gasteiger partial charge in [-0.15, -0.1) is 0 Å². The molecule has 16 heavy (non-hydrogen) atoms. The molecule has 0 aliphatic heterocycles. The number of esters is 1. The molecular formula is C9H7Cl2F2NO2. The van der Waals surface area contributed by atoms with Gasteiger partial charge in [0.15, 0.2) is 0 Å². The van der Waals surface area contributed by atoms with Gasteiger partial charge in [-0.25, -0.2) is 13.8 Å². The van der Waals surface area contributed by atoms with Crippen LogP contribution in [-0.4, -0.2) is 18.1 Å². The zero-order valence-corrected chi connectivity index (χ0v) is 9.65. The Bertz CT molecular complexity index is 413. The van der Waals surface area contributed by atoms with Crippen molar-refractivity contribution in [3.05, 3.63) is 27.5 Å². The van der Waals surface area contributed by atoms with Crippen LogP contribution in [0.5, 0.6) is 0 Å². The molecule has 0 aliphatic rings. The fraction of sp³-hybridized carbons (Fsp3) is 0.333. The largest absolute Gasteiger partial charge is 0.469 e. The van der Waals surface area contributed by atoms with E-state index in [4.69, 9.17) is 23.2 Å². The number of hydrogen-bond acceptors (Lipinski definition) is 3. The summed E-state index contributed by atoms with van der Waals surface area (Å²) in [5.74, 6) is -0.628. The van der Waals surface area contributed by atoms with Crippen molar-refractivity contribution in [1.82, 2.24) is 4.98 Å². The second kappa shape index (κ2) is 5.41. The van der Waals surface area contributed by atoms with E-state index in [1.807, 2.05) is 0 Å². The second-order valence-electron chi connectivity index (χ2n) is 2.85. The highest BCUT2D eigenvalue weighted by Crippen LogP contribution is 2.31. The molecule has 0 aliphatic carbocycles. The van der Waals surface area contributed by atoms with Crippen LogP contribution < -0.4 is 0 Å². The molecule has 0 radical (unpaired) electrons. The lowest BCUT2D eigenvalue weighted by Crippen LogP contribution is -2.08. The normalized spacial score (nSPS) is 10.6. The Hall–Kier alpha value is -0.940. The molecule has 0 amide bonds. The second-order valence-corrected chi connectivity index (χ2v) is 3.61. The predicted molar refractivity (Wildman–Crippen MR) is 54.9 cm³/mol. The highest BCUT2D eigenvalue weighted by atomic mass is 35.5. The number of halogens is 4. The van der Waals surface area contributed by atoms with Crippen molar-refractivity contribution >= 4 is 29.2 Å². The molecule has 1 aromatic rings. The molecule has 0 N–H and O–H groups in total. The number of aromatic nitrogens is 1. The van der Waals surface area contributed by atoms with Gasteiger partial charge < -0.3 is 4.74 Å². The van der Waals surface area contributed by atoms with Crippen molar-refractivity contribution in [1.29, 1.82) is 0 Å². The van der Waals surface area contributed by atoms with Gasteiger partial charge in [0.2, 0.25) is 0 Å². The van der Waals surface area contributed by atoms with Gasteiger partial charge in [0, 0.05) is 5.56 Å². The van der Waals surface area contributed by atoms with Crippen LogP contribution in [0.25, 0.3) is 0 Å². The third kappa shape index (κ3) is 3.02. The minimum absolute atomic E-state index is 0.0173. The summed E-state index contributed by atoms with van der Waals surface area (Å²) in [4.78, 5) is 14.7. The molecule has 0 atom stereocenters. The third-order valence-electron chi connectivity index (χ3n) is 1.80. The minimum atomic E-state index is -2.77. The Morgan fingerprint density at radius 3 is 2.69 bits per heavy atom. The molecule has 0 fully saturated rings. The molecule has 1 heterocycles. The van der Waals surface area contributed by atoms with E-state index in [-0.39, 0.29) is 22.3 Å². The van der Waals surface area contributed by atoms with Gasteiger partial charge in [-0.1, -0.05) is 23.2 Å². The first kappa shape index (κ1) is 13.1. The van der Waals surface area contributed by atoms with Crippen LogP contribution in [0.3, 0.4) is 0 Å². The van der Waals surface area contributed by atoms with E-state index in [1.54, 1.807) is 0 Å². The number of methoxy groups -OCH3 is 1. The zero-order valence-electron chi connectivity index (χ0n) is 8.14. The van der Waals surface area contributed by atoms with Crippen LogP contribution in [0.2, 0.25) is 10.2 Å². The van der Waals surface area contributed by atoms with Crippen LogP contribution in [0.4, 0.5) is 8.78 Å². The number of nitrogens with zero attached hydrogens (tertiary/aromatic N) is 1. The average Bonchev–Trinajstić information content (AvgIpc) is 2.22. The number of hydrogen-bond donors (Lipinski definition) is 0. The SMILES string of the molecule is COC(=O)Cc1nc(Cl)cc(C(F)F)c1Cl. The minimum Gasteiger partial charge on any atom is -0.469 e. The molecule has 0 spiro atoms. The standard InChI is InChI=1S/C9H7Cl2F2NO2/c1-16-7(15)3-5-8(11)4(9(12)13)2-6(10)14-5/h2,9H,3H2,1H3. The third-order valence-corrected chi connectivity index (χ3v) is 2.43. The van der Waals surface area contributed by atoms with E-state index >= 15 is 0 Å². The first-order valence-corrected chi connectivity index (χ1v) is 4.91. The summed E-state index contributed by atoms with van der Waals surface area (Å²) < 4.78 is 29.4. The van der Waals surface area contributed by atoms with Crippen molar-refractivity contribution in [2.24, 2.45) is 0 Å². The monoisotopic (exact) mass is 269 g/mol. The number of carbonyl (C=O) groups excluding carboxylic acids is 1. The maximum Gasteiger partial charge on any atom is 0.311 e. The van der Waals surface area contributed by atoms with Crippen LogP contribution in [-0.2, 0) is 16.0 Å². The zero-order chi connectivity index (χ0) is 12.3. The molecule has 0 saturated heterocycles. The number of rotatable bonds is 3. The molecule has 0 aromatic carbocycles. The summed E-state index contributed by atoms with van der Waals surface area (Å²) in [7, 11) is 1.18. The van der Waals surface area contributed by atoms with Crippen molar-refractivity contribution < 1.29 is 18.3 Å². The first-order chi connectivity index (χ1) is 7.45. The van der Waals surface area contributed by atoms with Gasteiger partial charge in [-0.3, -0.25) is 4.79 Å². The molecule has 1 aromatic heterocycles. The fourth-order valence-corrected chi connectivity index (χ4v) is 1.52. The van der Waals surface area contributed by atoms with Crippen molar-refractivity contribution in [3.63, 3.8) is 0 Å². The summed E-state index contributed by atoms with van der Waals surface area (Å²) in [5.41, 5.74) is -0.461. The molecule has 1 rings (SSSR count). The molecule has 0 unspecified atom stereocenters. The Morgan fingerprint density at radius 1 is 1.56 bits per heavy atom. The van der Waals surface area contributed by atoms with Crippen molar-refractivity contribution in [3.8, 4) is 0 Å². The topological polar surface area (TPSA) is 39.2 Å². The van der Waals surface area contributed by atoms with Gasteiger partial charge in [0.05, 0.1) is 24.2 Å². The van der Waals surface area contributed by atoms with Gasteiger partial charge >= 0.3 is 5.97 Å². The van der Waals surface area contributed by atoms with Crippen molar-refractivity contribution in [2.75, 3.05) is 7.11 Å². The molecule has 0 bridgehead atoms. The molecule has 0 saturated carbocycles. The van der Waals surface area contributed by atoms with E-state index in [9.17, 15) is 13.6 Å². The maximum atomic E-state index is 12.5. The Kier molecular flexibility index (Phi) is 4.44. The van der Waals surface area contributed by atoms with Crippen molar-refractivity contribution in [2.45, 2.75) is 12.8 Å². The van der Waals surface area contributed by atoms with E-state index in [0.717, 1.165) is 6.07 Å². The van der Waals surface area contributed by atoms with Crippen LogP contribution in [0.1, 0.15) is 17.7 Å². The van der Waals surface area contributed by atoms with Crippen LogP contribution in [0.15, 0.2) is 6.07 Å². The first-order valence-electron chi connectivity index (χ1n) is 4.15. The van der Waals surface area contributed by atoms with Gasteiger partial charge in [0.1, 0.15) is 5.15 Å². The van der Waals surface area contributed by atoms with Gasteiger partial charge in [-0.2, -0.15) is 0 Å². The Labute approximate surface area is 100 Å². The highest BCUT2D eigenvalue weighted by Gasteiger charge is 2.19. The Morgan fingerprint density at radius 2 is 2.19 bits per heavy atom. The number of pyridine rings is 1. The molecule has 88 valence electrons. The lowest BCUT2D eigenvalue weighted by molar-refractivity contribution is -0.139. The summed E-state index contributed by atoms with van der Waals surface area (Å²) in [6.45, 7) is 0. The Balaban J connectivity index is 3.14. The molecule has 3 nitrogen and oxygen atoms in total. The molecular weight excluding hydrogens is 263 g/mol. The summed E-state index contributed by atoms with van der Waals surface area (Å²) in [6, 6.07) is 0.968. The highest BCUT2D eigenvalue weighted by molar-refractivity contribution is 6.33. The number of ether oxygens (including phenoxy) is 1. The van der Waals surface area contributed by atoms with Gasteiger partial charge in [-0.05, 0) is 6.07 Å². The van der Waals surface area contributed by atoms with E-state index in [0.29, 0.717) is 0 Å². The summed E-state index contributed by atoms with van der Waals surface area (Å²) in [6.07, 6.45) is -3.07. The van der Waals surface area contributed by atoms with Crippen LogP contribution in [0, 0.1) is 0 Å². The van der Waals surface area contributed by atoms with E-state index in [1.165, 1.54) is 7.11 Å². The van der Waals surface area contributed by atoms with E-state index < -0.39 is 18.0 Å². The summed E-state index contributed by atoms with van der Waals surface area (Å²) in [5, 5.41) is -0.400. The quantitative estimate of drug-likeness (QED) is 0.626. The lowest BCUT2D eigenvalue weighted by atomic mass is 10.2. The predicted octanol–water partition coefficient (Wildman–Crippen LogP) is 3.04. The van der Waals surface area contributed by atoms with Gasteiger partial charge in [0.25, 0.3) is 6.43 Å². The summed E-state index contributed by atoms with van der Waals surface area (Å²) >= 11 is 11.2. The number of carbonyl (C=O) groups is 1. The maximum absolute atomic E-state index is 12.5.